The summed E-state index contributed by atoms with van der Waals surface area (Å²) in [6.45, 7) is 17.8. The SMILES string of the molecule is CC(C)(C)c1ccc([C](c2ccc(C(C)(C)C)cc2)=[Zr]([Cl])[Cl])cc1.CCc1cc2c(-c3ccccc3)cccc2[cH-]1.CCc1cc2c(-c3ccccc3)cccc2[cH-]1. The van der Waals surface area contributed by atoms with Crippen LogP contribution < -0.4 is 0 Å². The Hall–Kier alpha value is -4.13. The quantitative estimate of drug-likeness (QED) is 0.146. The van der Waals surface area contributed by atoms with Gasteiger partial charge in [-0.15, -0.1) is 69.1 Å². The largest absolute Gasteiger partial charge is 0.164 e. The molecule has 58 heavy (non-hydrogen) atoms. The molecule has 0 bridgehead atoms. The average molecular weight is 879 g/mol. The molecule has 0 saturated heterocycles. The van der Waals surface area contributed by atoms with Gasteiger partial charge >= 0.3 is 162 Å². The number of hydrogen-bond acceptors (Lipinski definition) is 0. The fourth-order valence-corrected chi connectivity index (χ4v) is 11.9. The summed E-state index contributed by atoms with van der Waals surface area (Å²) in [4.78, 5) is 0. The zero-order valence-electron chi connectivity index (χ0n) is 35.3. The van der Waals surface area contributed by atoms with Gasteiger partial charge in [0.1, 0.15) is 0 Å². The predicted octanol–water partition coefficient (Wildman–Crippen LogP) is 16.4. The van der Waals surface area contributed by atoms with Crippen molar-refractivity contribution in [2.24, 2.45) is 0 Å². The van der Waals surface area contributed by atoms with Gasteiger partial charge in [0, 0.05) is 0 Å². The number of halogens is 2. The molecular weight excluding hydrogens is 823 g/mol. The Balaban J connectivity index is 0.000000150. The van der Waals surface area contributed by atoms with E-state index >= 15 is 0 Å². The number of benzene rings is 6. The summed E-state index contributed by atoms with van der Waals surface area (Å²) in [6, 6.07) is 60.9. The summed E-state index contributed by atoms with van der Waals surface area (Å²) in [5.41, 5.74) is 13.4. The van der Waals surface area contributed by atoms with Crippen LogP contribution in [0.1, 0.15) is 88.8 Å². The molecule has 0 radical (unpaired) electrons. The third-order valence-electron chi connectivity index (χ3n) is 10.9. The van der Waals surface area contributed by atoms with Gasteiger partial charge in [-0.3, -0.25) is 0 Å². The van der Waals surface area contributed by atoms with Crippen molar-refractivity contribution in [1.82, 2.24) is 0 Å². The van der Waals surface area contributed by atoms with Gasteiger partial charge in [0.15, 0.2) is 0 Å². The Morgan fingerprint density at radius 1 is 0.466 bits per heavy atom. The van der Waals surface area contributed by atoms with Crippen molar-refractivity contribution in [2.45, 2.75) is 79.1 Å². The molecule has 0 saturated carbocycles. The van der Waals surface area contributed by atoms with Gasteiger partial charge in [-0.2, -0.15) is 12.1 Å². The third kappa shape index (κ3) is 10.7. The van der Waals surface area contributed by atoms with E-state index in [-0.39, 0.29) is 10.8 Å². The zero-order chi connectivity index (χ0) is 41.5. The molecule has 0 aliphatic carbocycles. The fourth-order valence-electron chi connectivity index (χ4n) is 7.40. The third-order valence-corrected chi connectivity index (χ3v) is 15.5. The summed E-state index contributed by atoms with van der Waals surface area (Å²) in [5, 5.41) is 5.44. The Labute approximate surface area is 362 Å². The van der Waals surface area contributed by atoms with Crippen molar-refractivity contribution in [3.63, 3.8) is 0 Å². The van der Waals surface area contributed by atoms with Gasteiger partial charge < -0.3 is 0 Å². The van der Waals surface area contributed by atoms with Crippen LogP contribution in [-0.4, -0.2) is 3.21 Å². The summed E-state index contributed by atoms with van der Waals surface area (Å²) < 4.78 is 1.15. The molecule has 0 aromatic heterocycles. The van der Waals surface area contributed by atoms with E-state index in [0.29, 0.717) is 0 Å². The topological polar surface area (TPSA) is 0 Å². The second-order valence-electron chi connectivity index (χ2n) is 17.1. The maximum absolute atomic E-state index is 6.50. The molecule has 0 atom stereocenters. The van der Waals surface area contributed by atoms with Gasteiger partial charge in [-0.25, -0.2) is 0 Å². The van der Waals surface area contributed by atoms with E-state index in [1.165, 1.54) is 66.1 Å². The van der Waals surface area contributed by atoms with Crippen LogP contribution in [0.3, 0.4) is 0 Å². The smallest absolute Gasteiger partial charge is 0.0279 e. The van der Waals surface area contributed by atoms with Crippen molar-refractivity contribution in [2.75, 3.05) is 0 Å². The maximum Gasteiger partial charge on any atom is -0.0279 e. The Kier molecular flexibility index (Phi) is 14.5. The normalized spacial score (nSPS) is 11.4. The monoisotopic (exact) mass is 876 g/mol. The standard InChI is InChI=1S/C21H26.2C17H15.2ClH.Zr/c1-20(2,3)18-11-7-16(8-12-18)15-17-9-13-19(14-10-17)21(4,5)6;2*1-2-13-11-15-9-6-10-16(17(15)12-13)14-7-4-3-5-8-14;;;/h7-14H,1-6H3;2*3-12H,2H2,1H3;2*1H;/q;2*-1;;;+2/p-2. The molecule has 0 heterocycles. The minimum Gasteiger partial charge on any atom is -0.164 e. The zero-order valence-corrected chi connectivity index (χ0v) is 39.3. The molecule has 8 rings (SSSR count). The van der Waals surface area contributed by atoms with E-state index in [2.05, 4.69) is 225 Å². The van der Waals surface area contributed by atoms with Crippen molar-refractivity contribution in [3.05, 3.63) is 203 Å². The van der Waals surface area contributed by atoms with Crippen molar-refractivity contribution >= 4 is 41.8 Å². The molecule has 0 aliphatic rings. The summed E-state index contributed by atoms with van der Waals surface area (Å²) >= 11 is -2.59. The van der Waals surface area contributed by atoms with E-state index < -0.39 is 18.9 Å². The van der Waals surface area contributed by atoms with Crippen molar-refractivity contribution in [3.8, 4) is 22.3 Å². The molecule has 0 N–H and O–H groups in total. The molecule has 0 amide bonds. The van der Waals surface area contributed by atoms with Gasteiger partial charge in [0.25, 0.3) is 0 Å². The van der Waals surface area contributed by atoms with Gasteiger partial charge in [0.2, 0.25) is 0 Å². The molecule has 8 aromatic carbocycles. The van der Waals surface area contributed by atoms with Gasteiger partial charge in [-0.1, -0.05) is 97.8 Å². The van der Waals surface area contributed by atoms with Crippen LogP contribution in [0, 0.1) is 0 Å². The van der Waals surface area contributed by atoms with Crippen LogP contribution >= 0.6 is 17.0 Å². The molecule has 0 unspecified atom stereocenters. The second kappa shape index (κ2) is 19.3. The van der Waals surface area contributed by atoms with Crippen LogP contribution in [0.5, 0.6) is 0 Å². The molecule has 0 fully saturated rings. The summed E-state index contributed by atoms with van der Waals surface area (Å²) in [5.74, 6) is 0. The fraction of sp³-hybridized carbons (Fsp3) is 0.218. The van der Waals surface area contributed by atoms with Gasteiger partial charge in [-0.05, 0) is 24.0 Å². The average Bonchev–Trinajstić information content (AvgIpc) is 3.86. The molecule has 0 aliphatic heterocycles. The van der Waals surface area contributed by atoms with E-state index in [0.717, 1.165) is 27.2 Å². The first-order chi connectivity index (χ1) is 27.8. The van der Waals surface area contributed by atoms with Crippen molar-refractivity contribution in [1.29, 1.82) is 0 Å². The number of hydrogen-bond donors (Lipinski definition) is 0. The molecule has 8 aromatic rings. The first kappa shape index (κ1) is 43.5. The first-order valence-corrected chi connectivity index (χ1v) is 28.1. The molecule has 296 valence electrons. The van der Waals surface area contributed by atoms with Gasteiger partial charge in [0.05, 0.1) is 0 Å². The Bertz CT molecular complexity index is 2390. The number of aryl methyl sites for hydroxylation is 2. The van der Waals surface area contributed by atoms with E-state index in [1.54, 1.807) is 0 Å². The molecular formula is C55H56Cl2Zr-2. The van der Waals surface area contributed by atoms with E-state index in [4.69, 9.17) is 17.0 Å². The van der Waals surface area contributed by atoms with Crippen LogP contribution in [-0.2, 0) is 42.6 Å². The number of fused-ring (bicyclic) bond motifs is 2. The number of rotatable bonds is 6. The Morgan fingerprint density at radius 3 is 1.14 bits per heavy atom. The molecule has 0 spiro atoms. The van der Waals surface area contributed by atoms with Crippen LogP contribution in [0.2, 0.25) is 0 Å². The first-order valence-electron chi connectivity index (χ1n) is 20.5. The van der Waals surface area contributed by atoms with E-state index in [9.17, 15) is 0 Å². The van der Waals surface area contributed by atoms with Crippen LogP contribution in [0.25, 0.3) is 43.8 Å². The van der Waals surface area contributed by atoms with E-state index in [1.807, 2.05) is 0 Å². The predicted molar refractivity (Wildman–Crippen MR) is 254 cm³/mol. The molecule has 3 heteroatoms. The minimum absolute atomic E-state index is 0.149. The Morgan fingerprint density at radius 2 is 0.828 bits per heavy atom. The summed E-state index contributed by atoms with van der Waals surface area (Å²) in [7, 11) is 13.0. The summed E-state index contributed by atoms with van der Waals surface area (Å²) in [6.07, 6.45) is 2.20. The minimum atomic E-state index is -2.59. The van der Waals surface area contributed by atoms with Crippen molar-refractivity contribution < 1.29 is 18.9 Å². The second-order valence-corrected chi connectivity index (χ2v) is 25.2. The molecule has 0 nitrogen and oxygen atoms in total. The van der Waals surface area contributed by atoms with Crippen LogP contribution in [0.4, 0.5) is 0 Å². The van der Waals surface area contributed by atoms with Crippen LogP contribution in [0.15, 0.2) is 170 Å². The maximum atomic E-state index is 6.50.